The Kier molecular flexibility index (Phi) is 4.17. The summed E-state index contributed by atoms with van der Waals surface area (Å²) < 4.78 is 0. The summed E-state index contributed by atoms with van der Waals surface area (Å²) in [6, 6.07) is 0. The van der Waals surface area contributed by atoms with Crippen molar-refractivity contribution in [2.24, 2.45) is 28.6 Å². The third-order valence-electron chi connectivity index (χ3n) is 8.40. The van der Waals surface area contributed by atoms with Gasteiger partial charge in [0.1, 0.15) is 12.2 Å². The van der Waals surface area contributed by atoms with E-state index in [1.807, 2.05) is 19.9 Å². The summed E-state index contributed by atoms with van der Waals surface area (Å²) in [5, 5.41) is 21.1. The average molecular weight is 370 g/mol. The predicted molar refractivity (Wildman–Crippen MR) is 103 cm³/mol. The molecule has 0 saturated heterocycles. The van der Waals surface area contributed by atoms with Crippen LogP contribution in [0, 0.1) is 28.6 Å². The number of aliphatic hydroxyl groups is 2. The van der Waals surface area contributed by atoms with Crippen LogP contribution in [-0.2, 0) is 9.59 Å². The molecule has 0 aromatic heterocycles. The van der Waals surface area contributed by atoms with Crippen LogP contribution in [0.15, 0.2) is 35.5 Å². The third kappa shape index (κ3) is 2.23. The Morgan fingerprint density at radius 1 is 1.33 bits per heavy atom. The molecule has 4 aliphatic rings. The minimum atomic E-state index is -1.46. The van der Waals surface area contributed by atoms with Crippen molar-refractivity contribution < 1.29 is 19.8 Å². The van der Waals surface area contributed by atoms with Crippen LogP contribution in [-0.4, -0.2) is 34.0 Å². The second-order valence-corrected chi connectivity index (χ2v) is 9.33. The highest BCUT2D eigenvalue weighted by Crippen LogP contribution is 2.66. The first-order chi connectivity index (χ1) is 12.7. The molecule has 0 spiro atoms. The molecule has 27 heavy (non-hydrogen) atoms. The van der Waals surface area contributed by atoms with Crippen molar-refractivity contribution in [1.82, 2.24) is 0 Å². The lowest BCUT2D eigenvalue weighted by molar-refractivity contribution is -0.162. The van der Waals surface area contributed by atoms with Gasteiger partial charge in [0, 0.05) is 10.8 Å². The second-order valence-electron chi connectivity index (χ2n) is 9.33. The maximum absolute atomic E-state index is 12.7. The highest BCUT2D eigenvalue weighted by Gasteiger charge is 2.67. The Bertz CT molecular complexity index is 790. The molecular weight excluding hydrogens is 340 g/mol. The summed E-state index contributed by atoms with van der Waals surface area (Å²) in [6.07, 6.45) is 11.7. The molecule has 0 aliphatic heterocycles. The maximum Gasteiger partial charge on any atom is 0.190 e. The van der Waals surface area contributed by atoms with Gasteiger partial charge in [-0.1, -0.05) is 43.6 Å². The van der Waals surface area contributed by atoms with Crippen LogP contribution in [0.25, 0.3) is 0 Å². The number of ketones is 2. The largest absolute Gasteiger partial charge is 0.388 e. The molecule has 0 amide bonds. The number of allylic oxidation sites excluding steroid dienone is 6. The van der Waals surface area contributed by atoms with Gasteiger partial charge in [0.25, 0.3) is 0 Å². The smallest absolute Gasteiger partial charge is 0.190 e. The zero-order chi connectivity index (χ0) is 19.6. The lowest BCUT2D eigenvalue weighted by Crippen LogP contribution is -2.57. The van der Waals surface area contributed by atoms with Gasteiger partial charge in [-0.25, -0.2) is 0 Å². The van der Waals surface area contributed by atoms with E-state index in [9.17, 15) is 19.8 Å². The molecule has 0 radical (unpaired) electrons. The van der Waals surface area contributed by atoms with Crippen molar-refractivity contribution in [3.63, 3.8) is 0 Å². The molecule has 0 aromatic rings. The first-order valence-corrected chi connectivity index (χ1v) is 10.2. The third-order valence-corrected chi connectivity index (χ3v) is 8.40. The van der Waals surface area contributed by atoms with Crippen molar-refractivity contribution in [1.29, 1.82) is 0 Å². The van der Waals surface area contributed by atoms with Crippen molar-refractivity contribution in [2.45, 2.75) is 58.5 Å². The van der Waals surface area contributed by atoms with Crippen LogP contribution < -0.4 is 0 Å². The highest BCUT2D eigenvalue weighted by atomic mass is 16.3. The summed E-state index contributed by atoms with van der Waals surface area (Å²) in [5.41, 5.74) is 0.308. The van der Waals surface area contributed by atoms with E-state index in [0.29, 0.717) is 12.3 Å². The van der Waals surface area contributed by atoms with E-state index in [1.54, 1.807) is 12.2 Å². The van der Waals surface area contributed by atoms with E-state index in [2.05, 4.69) is 13.0 Å². The Morgan fingerprint density at radius 2 is 2.07 bits per heavy atom. The van der Waals surface area contributed by atoms with Crippen LogP contribution in [0.5, 0.6) is 0 Å². The zero-order valence-corrected chi connectivity index (χ0v) is 16.5. The number of rotatable bonds is 3. The van der Waals surface area contributed by atoms with Gasteiger partial charge in [-0.2, -0.15) is 0 Å². The van der Waals surface area contributed by atoms with E-state index in [0.717, 1.165) is 25.7 Å². The standard InChI is InChI=1S/C23H30O4/c1-4-14-12-19-17-6-5-15-11-16(25)7-9-21(15,2)18(17)8-10-22(19,3)23(14,27)20(26)13-24/h7-9,11,14,17,19,24,27H,4-6,10,12-13H2,1-3H3/t14-,17?,19?,21-,22-,23-/m0/s1. The van der Waals surface area contributed by atoms with Gasteiger partial charge in [0.15, 0.2) is 11.6 Å². The number of hydrogen-bond donors (Lipinski definition) is 2. The van der Waals surface area contributed by atoms with E-state index in [1.165, 1.54) is 11.1 Å². The van der Waals surface area contributed by atoms with E-state index < -0.39 is 23.4 Å². The number of Topliss-reactive ketones (excluding diaryl/α,β-unsaturated/α-hetero) is 1. The fraction of sp³-hybridized carbons (Fsp3) is 0.652. The van der Waals surface area contributed by atoms with Gasteiger partial charge in [-0.15, -0.1) is 0 Å². The number of carbonyl (C=O) groups excluding carboxylic acids is 2. The molecule has 146 valence electrons. The van der Waals surface area contributed by atoms with Gasteiger partial charge in [-0.3, -0.25) is 9.59 Å². The van der Waals surface area contributed by atoms with Crippen molar-refractivity contribution in [3.8, 4) is 0 Å². The molecule has 0 heterocycles. The van der Waals surface area contributed by atoms with Gasteiger partial charge in [-0.05, 0) is 62.5 Å². The molecule has 6 atom stereocenters. The van der Waals surface area contributed by atoms with Crippen molar-refractivity contribution >= 4 is 11.6 Å². The molecular formula is C23H30O4. The van der Waals surface area contributed by atoms with Gasteiger partial charge in [0.05, 0.1) is 0 Å². The SMILES string of the molecule is CC[C@H]1CC2C3CCC4=CC(=O)C=C[C@]4(C)C3=CC[C@]2(C)[C@@]1(O)C(=O)CO. The number of fused-ring (bicyclic) bond motifs is 5. The first kappa shape index (κ1) is 18.8. The fourth-order valence-corrected chi connectivity index (χ4v) is 6.82. The second kappa shape index (κ2) is 5.99. The molecule has 4 rings (SSSR count). The number of aliphatic hydroxyl groups excluding tert-OH is 1. The fourth-order valence-electron chi connectivity index (χ4n) is 6.82. The molecule has 2 N–H and O–H groups in total. The van der Waals surface area contributed by atoms with Crippen LogP contribution in [0.3, 0.4) is 0 Å². The van der Waals surface area contributed by atoms with Crippen molar-refractivity contribution in [2.75, 3.05) is 6.61 Å². The number of carbonyl (C=O) groups is 2. The van der Waals surface area contributed by atoms with E-state index in [-0.39, 0.29) is 23.0 Å². The molecule has 2 saturated carbocycles. The lowest BCUT2D eigenvalue weighted by Gasteiger charge is -2.53. The first-order valence-electron chi connectivity index (χ1n) is 10.2. The van der Waals surface area contributed by atoms with Crippen LogP contribution >= 0.6 is 0 Å². The molecule has 4 nitrogen and oxygen atoms in total. The Labute approximate surface area is 161 Å². The molecule has 0 aromatic carbocycles. The van der Waals surface area contributed by atoms with Gasteiger partial charge in [0.2, 0.25) is 0 Å². The maximum atomic E-state index is 12.7. The van der Waals surface area contributed by atoms with Gasteiger partial charge >= 0.3 is 0 Å². The van der Waals surface area contributed by atoms with Gasteiger partial charge < -0.3 is 10.2 Å². The Balaban J connectivity index is 1.80. The number of hydrogen-bond acceptors (Lipinski definition) is 4. The summed E-state index contributed by atoms with van der Waals surface area (Å²) in [5.74, 6) is 0.0396. The molecule has 4 aliphatic carbocycles. The Morgan fingerprint density at radius 3 is 2.74 bits per heavy atom. The Hall–Kier alpha value is -1.52. The zero-order valence-electron chi connectivity index (χ0n) is 16.5. The van der Waals surface area contributed by atoms with Crippen LogP contribution in [0.4, 0.5) is 0 Å². The summed E-state index contributed by atoms with van der Waals surface area (Å²) in [7, 11) is 0. The molecule has 0 bridgehead atoms. The highest BCUT2D eigenvalue weighted by molar-refractivity contribution is 6.01. The molecule has 2 unspecified atom stereocenters. The summed E-state index contributed by atoms with van der Waals surface area (Å²) in [6.45, 7) is 5.65. The summed E-state index contributed by atoms with van der Waals surface area (Å²) in [4.78, 5) is 24.5. The summed E-state index contributed by atoms with van der Waals surface area (Å²) >= 11 is 0. The topological polar surface area (TPSA) is 74.6 Å². The molecule has 2 fully saturated rings. The normalized spacial score (nSPS) is 45.5. The van der Waals surface area contributed by atoms with E-state index >= 15 is 0 Å². The predicted octanol–water partition coefficient (Wildman–Crippen LogP) is 3.14. The lowest BCUT2D eigenvalue weighted by atomic mass is 9.51. The minimum absolute atomic E-state index is 0.0667. The molecule has 4 heteroatoms. The van der Waals surface area contributed by atoms with Crippen LogP contribution in [0.1, 0.15) is 52.9 Å². The van der Waals surface area contributed by atoms with Crippen molar-refractivity contribution in [3.05, 3.63) is 35.5 Å². The average Bonchev–Trinajstić information content (AvgIpc) is 2.90. The minimum Gasteiger partial charge on any atom is -0.388 e. The quantitative estimate of drug-likeness (QED) is 0.749. The monoisotopic (exact) mass is 370 g/mol. The van der Waals surface area contributed by atoms with Crippen LogP contribution in [0.2, 0.25) is 0 Å². The van der Waals surface area contributed by atoms with E-state index in [4.69, 9.17) is 0 Å².